The lowest BCUT2D eigenvalue weighted by atomic mass is 10.1. The normalized spacial score (nSPS) is 18.6. The van der Waals surface area contributed by atoms with Crippen molar-refractivity contribution in [3.63, 3.8) is 0 Å². The van der Waals surface area contributed by atoms with Gasteiger partial charge in [0.2, 0.25) is 0 Å². The Hall–Kier alpha value is -2.91. The van der Waals surface area contributed by atoms with Crippen molar-refractivity contribution in [1.29, 1.82) is 0 Å². The summed E-state index contributed by atoms with van der Waals surface area (Å²) in [5, 5.41) is 11.8. The Bertz CT molecular complexity index is 1000. The van der Waals surface area contributed by atoms with Gasteiger partial charge in [-0.25, -0.2) is 0 Å². The van der Waals surface area contributed by atoms with Crippen molar-refractivity contribution >= 4 is 34.6 Å². The summed E-state index contributed by atoms with van der Waals surface area (Å²) in [6, 6.07) is 8.41. The molecule has 2 aliphatic rings. The molecule has 0 spiro atoms. The summed E-state index contributed by atoms with van der Waals surface area (Å²) in [7, 11) is 0. The molecule has 4 rings (SSSR count). The minimum Gasteiger partial charge on any atom is -0.457 e. The molecule has 2 aromatic rings. The number of morpholine rings is 1. The highest BCUT2D eigenvalue weighted by Gasteiger charge is 2.27. The Morgan fingerprint density at radius 2 is 2.04 bits per heavy atom. The summed E-state index contributed by atoms with van der Waals surface area (Å²) in [4.78, 5) is 29.6. The van der Waals surface area contributed by atoms with E-state index in [0.717, 1.165) is 0 Å². The van der Waals surface area contributed by atoms with Gasteiger partial charge < -0.3 is 14.1 Å². The molecule has 0 saturated carbocycles. The Balaban J connectivity index is 1.53. The standard InChI is InChI=1S/C19H17N3O5S/c1-12-2-3-13(10-15(12)22(24)25)16-5-4-14(27-16)11-17-18(23)20-19(28-17)21-6-8-26-9-7-21/h2-5,10-11H,6-9H2,1H3/b17-11+. The average molecular weight is 399 g/mol. The van der Waals surface area contributed by atoms with Crippen LogP contribution in [0.1, 0.15) is 11.3 Å². The minimum atomic E-state index is -0.414. The maximum Gasteiger partial charge on any atom is 0.286 e. The summed E-state index contributed by atoms with van der Waals surface area (Å²) in [6.07, 6.45) is 1.65. The average Bonchev–Trinajstić information content (AvgIpc) is 3.30. The van der Waals surface area contributed by atoms with Crippen LogP contribution < -0.4 is 0 Å². The van der Waals surface area contributed by atoms with Crippen LogP contribution in [-0.2, 0) is 9.53 Å². The van der Waals surface area contributed by atoms with Crippen molar-refractivity contribution in [3.8, 4) is 11.3 Å². The fraction of sp³-hybridized carbons (Fsp3) is 0.263. The molecule has 1 amide bonds. The van der Waals surface area contributed by atoms with E-state index in [-0.39, 0.29) is 11.6 Å². The largest absolute Gasteiger partial charge is 0.457 e. The zero-order valence-corrected chi connectivity index (χ0v) is 15.9. The number of ether oxygens (including phenoxy) is 1. The second-order valence-corrected chi connectivity index (χ2v) is 7.38. The minimum absolute atomic E-state index is 0.0406. The molecule has 2 aliphatic heterocycles. The van der Waals surface area contributed by atoms with Crippen LogP contribution in [0.5, 0.6) is 0 Å². The van der Waals surface area contributed by atoms with Gasteiger partial charge >= 0.3 is 0 Å². The molecule has 0 bridgehead atoms. The number of rotatable bonds is 3. The van der Waals surface area contributed by atoms with Crippen molar-refractivity contribution in [2.45, 2.75) is 6.92 Å². The number of amidine groups is 1. The topological polar surface area (TPSA) is 98.2 Å². The van der Waals surface area contributed by atoms with Gasteiger partial charge in [-0.1, -0.05) is 12.1 Å². The monoisotopic (exact) mass is 399 g/mol. The predicted octanol–water partition coefficient (Wildman–Crippen LogP) is 3.47. The number of nitrogens with zero attached hydrogens (tertiary/aromatic N) is 3. The van der Waals surface area contributed by atoms with Gasteiger partial charge in [0, 0.05) is 36.4 Å². The van der Waals surface area contributed by atoms with Gasteiger partial charge in [-0.2, -0.15) is 4.99 Å². The number of aryl methyl sites for hydroxylation is 1. The molecule has 1 fully saturated rings. The molecule has 3 heterocycles. The van der Waals surface area contributed by atoms with E-state index in [2.05, 4.69) is 4.99 Å². The van der Waals surface area contributed by atoms with Gasteiger partial charge in [0.15, 0.2) is 5.17 Å². The first-order chi connectivity index (χ1) is 13.5. The number of hydrogen-bond acceptors (Lipinski definition) is 7. The van der Waals surface area contributed by atoms with Crippen LogP contribution >= 0.6 is 11.8 Å². The van der Waals surface area contributed by atoms with Crippen LogP contribution in [0.25, 0.3) is 17.4 Å². The smallest absolute Gasteiger partial charge is 0.286 e. The van der Waals surface area contributed by atoms with E-state index in [0.29, 0.717) is 59.0 Å². The van der Waals surface area contributed by atoms with E-state index < -0.39 is 4.92 Å². The molecular formula is C19H17N3O5S. The van der Waals surface area contributed by atoms with E-state index in [1.165, 1.54) is 17.8 Å². The zero-order valence-electron chi connectivity index (χ0n) is 15.1. The third-order valence-corrected chi connectivity index (χ3v) is 5.53. The van der Waals surface area contributed by atoms with Gasteiger partial charge in [-0.3, -0.25) is 14.9 Å². The second kappa shape index (κ2) is 7.61. The lowest BCUT2D eigenvalue weighted by molar-refractivity contribution is -0.385. The molecule has 1 saturated heterocycles. The maximum atomic E-state index is 12.2. The Kier molecular flexibility index (Phi) is 5.01. The molecule has 9 heteroatoms. The van der Waals surface area contributed by atoms with Gasteiger partial charge in [0.05, 0.1) is 23.0 Å². The highest BCUT2D eigenvalue weighted by atomic mass is 32.2. The highest BCUT2D eigenvalue weighted by molar-refractivity contribution is 8.18. The Morgan fingerprint density at radius 3 is 2.79 bits per heavy atom. The van der Waals surface area contributed by atoms with Crippen LogP contribution in [0.4, 0.5) is 5.69 Å². The molecular weight excluding hydrogens is 382 g/mol. The lowest BCUT2D eigenvalue weighted by Gasteiger charge is -2.27. The van der Waals surface area contributed by atoms with E-state index in [1.54, 1.807) is 37.3 Å². The molecule has 0 aliphatic carbocycles. The molecule has 1 aromatic heterocycles. The van der Waals surface area contributed by atoms with E-state index in [4.69, 9.17) is 9.15 Å². The lowest BCUT2D eigenvalue weighted by Crippen LogP contribution is -2.38. The number of nitro groups is 1. The number of carbonyl (C=O) groups is 1. The number of carbonyl (C=O) groups excluding carboxylic acids is 1. The number of nitro benzene ring substituents is 1. The van der Waals surface area contributed by atoms with Crippen LogP contribution in [0.3, 0.4) is 0 Å². The Morgan fingerprint density at radius 1 is 1.25 bits per heavy atom. The quantitative estimate of drug-likeness (QED) is 0.443. The summed E-state index contributed by atoms with van der Waals surface area (Å²) < 4.78 is 11.1. The first-order valence-corrected chi connectivity index (χ1v) is 9.53. The fourth-order valence-electron chi connectivity index (χ4n) is 2.96. The fourth-order valence-corrected chi connectivity index (χ4v) is 3.91. The summed E-state index contributed by atoms with van der Waals surface area (Å²) in [5.74, 6) is 0.697. The molecule has 0 N–H and O–H groups in total. The first kappa shape index (κ1) is 18.5. The van der Waals surface area contributed by atoms with Crippen molar-refractivity contribution in [2.75, 3.05) is 26.3 Å². The molecule has 28 heavy (non-hydrogen) atoms. The van der Waals surface area contributed by atoms with E-state index >= 15 is 0 Å². The van der Waals surface area contributed by atoms with Gasteiger partial charge in [0.25, 0.3) is 11.6 Å². The van der Waals surface area contributed by atoms with Gasteiger partial charge in [-0.15, -0.1) is 0 Å². The second-order valence-electron chi connectivity index (χ2n) is 6.37. The number of hydrogen-bond donors (Lipinski definition) is 0. The number of thioether (sulfide) groups is 1. The van der Waals surface area contributed by atoms with Gasteiger partial charge in [0.1, 0.15) is 11.5 Å². The van der Waals surface area contributed by atoms with Crippen LogP contribution in [0.15, 0.2) is 44.6 Å². The molecule has 1 aromatic carbocycles. The maximum absolute atomic E-state index is 12.2. The molecule has 0 unspecified atom stereocenters. The summed E-state index contributed by atoms with van der Waals surface area (Å²) in [5.41, 5.74) is 1.24. The van der Waals surface area contributed by atoms with Crippen LogP contribution in [0, 0.1) is 17.0 Å². The SMILES string of the molecule is Cc1ccc(-c2ccc(/C=C3/SC(N4CCOCC4)=NC3=O)o2)cc1[N+](=O)[O-]. The summed E-state index contributed by atoms with van der Waals surface area (Å²) in [6.45, 7) is 4.36. The number of furan rings is 1. The zero-order chi connectivity index (χ0) is 19.7. The highest BCUT2D eigenvalue weighted by Crippen LogP contribution is 2.33. The van der Waals surface area contributed by atoms with Crippen LogP contribution in [0.2, 0.25) is 0 Å². The van der Waals surface area contributed by atoms with Crippen molar-refractivity contribution in [2.24, 2.45) is 4.99 Å². The Labute approximate surface area is 165 Å². The summed E-state index contributed by atoms with van der Waals surface area (Å²) >= 11 is 1.32. The third-order valence-electron chi connectivity index (χ3n) is 4.48. The number of benzene rings is 1. The van der Waals surface area contributed by atoms with Crippen molar-refractivity contribution in [1.82, 2.24) is 4.90 Å². The van der Waals surface area contributed by atoms with E-state index in [1.807, 2.05) is 4.90 Å². The van der Waals surface area contributed by atoms with Crippen molar-refractivity contribution in [3.05, 3.63) is 56.7 Å². The molecule has 0 radical (unpaired) electrons. The molecule has 0 atom stereocenters. The molecule has 8 nitrogen and oxygen atoms in total. The van der Waals surface area contributed by atoms with E-state index in [9.17, 15) is 14.9 Å². The van der Waals surface area contributed by atoms with Gasteiger partial charge in [-0.05, 0) is 30.8 Å². The van der Waals surface area contributed by atoms with Crippen LogP contribution in [-0.4, -0.2) is 47.2 Å². The first-order valence-electron chi connectivity index (χ1n) is 8.72. The predicted molar refractivity (Wildman–Crippen MR) is 106 cm³/mol. The van der Waals surface area contributed by atoms with Crippen molar-refractivity contribution < 1.29 is 18.9 Å². The molecule has 144 valence electrons. The number of amides is 1. The number of aliphatic imine (C=N–C) groups is 1. The third kappa shape index (κ3) is 3.71.